The number of fused-ring (bicyclic) bond motifs is 1. The molecule has 0 saturated carbocycles. The minimum absolute atomic E-state index is 0.182. The number of hydrogen-bond donors (Lipinski definition) is 2. The molecule has 0 radical (unpaired) electrons. The standard InChI is InChI=1S/C20H24N4O/c1-20(2,3)25-16-7-4-14(5-8-16)10-11-22-19-17-12-15(21)6-9-18(17)23-13-24-19/h4-9,12-13H,10-11,21H2,1-3H3,(H,22,23,24). The van der Waals surface area contributed by atoms with Gasteiger partial charge in [0, 0.05) is 17.6 Å². The zero-order valence-electron chi connectivity index (χ0n) is 14.9. The highest BCUT2D eigenvalue weighted by Gasteiger charge is 2.11. The van der Waals surface area contributed by atoms with Crippen LogP contribution < -0.4 is 15.8 Å². The van der Waals surface area contributed by atoms with E-state index in [0.717, 1.165) is 35.4 Å². The van der Waals surface area contributed by atoms with E-state index in [4.69, 9.17) is 10.5 Å². The van der Waals surface area contributed by atoms with Gasteiger partial charge in [-0.2, -0.15) is 0 Å². The number of nitrogens with two attached hydrogens (primary N) is 1. The number of aromatic nitrogens is 2. The van der Waals surface area contributed by atoms with E-state index in [1.807, 2.05) is 51.1 Å². The molecule has 2 aromatic carbocycles. The van der Waals surface area contributed by atoms with E-state index in [0.29, 0.717) is 5.69 Å². The first-order valence-corrected chi connectivity index (χ1v) is 8.43. The van der Waals surface area contributed by atoms with Crippen LogP contribution >= 0.6 is 0 Å². The summed E-state index contributed by atoms with van der Waals surface area (Å²) in [6.07, 6.45) is 2.46. The van der Waals surface area contributed by atoms with Crippen LogP contribution in [0.15, 0.2) is 48.8 Å². The second-order valence-electron chi connectivity index (χ2n) is 7.03. The fourth-order valence-electron chi connectivity index (χ4n) is 2.62. The molecule has 25 heavy (non-hydrogen) atoms. The first kappa shape index (κ1) is 17.0. The van der Waals surface area contributed by atoms with Crippen molar-refractivity contribution in [3.8, 4) is 5.75 Å². The lowest BCUT2D eigenvalue weighted by Crippen LogP contribution is -2.22. The molecule has 3 aromatic rings. The average Bonchev–Trinajstić information content (AvgIpc) is 2.55. The summed E-state index contributed by atoms with van der Waals surface area (Å²) in [6, 6.07) is 13.9. The zero-order valence-corrected chi connectivity index (χ0v) is 14.9. The Labute approximate surface area is 148 Å². The normalized spacial score (nSPS) is 11.5. The van der Waals surface area contributed by atoms with Crippen LogP contribution in [0.3, 0.4) is 0 Å². The predicted octanol–water partition coefficient (Wildman–Crippen LogP) is 4.04. The summed E-state index contributed by atoms with van der Waals surface area (Å²) in [6.45, 7) is 6.91. The first-order chi connectivity index (χ1) is 11.9. The quantitative estimate of drug-likeness (QED) is 0.688. The molecule has 0 atom stereocenters. The van der Waals surface area contributed by atoms with Gasteiger partial charge in [0.1, 0.15) is 23.5 Å². The van der Waals surface area contributed by atoms with Crippen molar-refractivity contribution >= 4 is 22.4 Å². The van der Waals surface area contributed by atoms with Crippen molar-refractivity contribution in [2.75, 3.05) is 17.6 Å². The van der Waals surface area contributed by atoms with Crippen molar-refractivity contribution in [3.63, 3.8) is 0 Å². The lowest BCUT2D eigenvalue weighted by atomic mass is 10.1. The molecular formula is C20H24N4O. The van der Waals surface area contributed by atoms with E-state index in [-0.39, 0.29) is 5.60 Å². The molecule has 5 heteroatoms. The maximum Gasteiger partial charge on any atom is 0.137 e. The molecule has 5 nitrogen and oxygen atoms in total. The van der Waals surface area contributed by atoms with E-state index in [9.17, 15) is 0 Å². The van der Waals surface area contributed by atoms with Gasteiger partial charge in [-0.25, -0.2) is 9.97 Å². The van der Waals surface area contributed by atoms with E-state index in [2.05, 4.69) is 27.4 Å². The molecule has 1 heterocycles. The third-order valence-electron chi connectivity index (χ3n) is 3.71. The highest BCUT2D eigenvalue weighted by atomic mass is 16.5. The van der Waals surface area contributed by atoms with Crippen LogP contribution in [0.5, 0.6) is 5.75 Å². The monoisotopic (exact) mass is 336 g/mol. The highest BCUT2D eigenvalue weighted by molar-refractivity contribution is 5.91. The number of ether oxygens (including phenoxy) is 1. The molecule has 3 rings (SSSR count). The van der Waals surface area contributed by atoms with E-state index in [1.165, 1.54) is 5.56 Å². The SMILES string of the molecule is CC(C)(C)Oc1ccc(CCNc2ncnc3ccc(N)cc23)cc1. The number of rotatable bonds is 5. The summed E-state index contributed by atoms with van der Waals surface area (Å²) in [4.78, 5) is 8.60. The van der Waals surface area contributed by atoms with Gasteiger partial charge in [-0.1, -0.05) is 12.1 Å². The van der Waals surface area contributed by atoms with Gasteiger partial charge < -0.3 is 15.8 Å². The van der Waals surface area contributed by atoms with E-state index < -0.39 is 0 Å². The van der Waals surface area contributed by atoms with Crippen molar-refractivity contribution < 1.29 is 4.74 Å². The minimum Gasteiger partial charge on any atom is -0.488 e. The number of hydrogen-bond acceptors (Lipinski definition) is 5. The van der Waals surface area contributed by atoms with Gasteiger partial charge in [0.2, 0.25) is 0 Å². The summed E-state index contributed by atoms with van der Waals surface area (Å²) in [7, 11) is 0. The van der Waals surface area contributed by atoms with E-state index in [1.54, 1.807) is 6.33 Å². The number of anilines is 2. The van der Waals surface area contributed by atoms with Crippen LogP contribution in [0.1, 0.15) is 26.3 Å². The van der Waals surface area contributed by atoms with Gasteiger partial charge in [-0.15, -0.1) is 0 Å². The Hall–Kier alpha value is -2.82. The van der Waals surface area contributed by atoms with Crippen LogP contribution in [-0.4, -0.2) is 22.1 Å². The van der Waals surface area contributed by atoms with Crippen LogP contribution in [0.4, 0.5) is 11.5 Å². The second-order valence-corrected chi connectivity index (χ2v) is 7.03. The van der Waals surface area contributed by atoms with Crippen molar-refractivity contribution in [1.29, 1.82) is 0 Å². The Kier molecular flexibility index (Phi) is 4.74. The van der Waals surface area contributed by atoms with Crippen molar-refractivity contribution in [3.05, 3.63) is 54.4 Å². The predicted molar refractivity (Wildman–Crippen MR) is 103 cm³/mol. The first-order valence-electron chi connectivity index (χ1n) is 8.43. The lowest BCUT2D eigenvalue weighted by molar-refractivity contribution is 0.131. The topological polar surface area (TPSA) is 73.1 Å². The van der Waals surface area contributed by atoms with Gasteiger partial charge in [0.25, 0.3) is 0 Å². The Balaban J connectivity index is 1.62. The number of nitrogen functional groups attached to an aromatic ring is 1. The molecular weight excluding hydrogens is 312 g/mol. The van der Waals surface area contributed by atoms with Gasteiger partial charge in [-0.3, -0.25) is 0 Å². The Morgan fingerprint density at radius 3 is 2.52 bits per heavy atom. The maximum absolute atomic E-state index is 5.88. The van der Waals surface area contributed by atoms with E-state index >= 15 is 0 Å². The Bertz CT molecular complexity index is 854. The number of benzene rings is 2. The average molecular weight is 336 g/mol. The minimum atomic E-state index is -0.182. The largest absolute Gasteiger partial charge is 0.488 e. The van der Waals surface area contributed by atoms with Crippen molar-refractivity contribution in [2.45, 2.75) is 32.8 Å². The van der Waals surface area contributed by atoms with Crippen LogP contribution in [0.2, 0.25) is 0 Å². The second kappa shape index (κ2) is 6.97. The zero-order chi connectivity index (χ0) is 17.9. The molecule has 0 spiro atoms. The summed E-state index contributed by atoms with van der Waals surface area (Å²) in [5.41, 5.74) is 8.53. The molecule has 0 aliphatic heterocycles. The summed E-state index contributed by atoms with van der Waals surface area (Å²) >= 11 is 0. The third-order valence-corrected chi connectivity index (χ3v) is 3.71. The molecule has 3 N–H and O–H groups in total. The molecule has 0 amide bonds. The summed E-state index contributed by atoms with van der Waals surface area (Å²) in [5, 5.41) is 4.32. The van der Waals surface area contributed by atoms with Crippen molar-refractivity contribution in [2.24, 2.45) is 0 Å². The maximum atomic E-state index is 5.88. The van der Waals surface area contributed by atoms with Gasteiger partial charge >= 0.3 is 0 Å². The molecule has 0 aliphatic carbocycles. The van der Waals surface area contributed by atoms with Crippen molar-refractivity contribution in [1.82, 2.24) is 9.97 Å². The van der Waals surface area contributed by atoms with Crippen LogP contribution in [-0.2, 0) is 6.42 Å². The Morgan fingerprint density at radius 1 is 1.04 bits per heavy atom. The molecule has 0 bridgehead atoms. The molecule has 0 fully saturated rings. The van der Waals surface area contributed by atoms with Crippen LogP contribution in [0, 0.1) is 0 Å². The number of nitrogens with one attached hydrogen (secondary N) is 1. The summed E-state index contributed by atoms with van der Waals surface area (Å²) in [5.74, 6) is 1.70. The van der Waals surface area contributed by atoms with Gasteiger partial charge in [0.15, 0.2) is 0 Å². The fraction of sp³-hybridized carbons (Fsp3) is 0.300. The fourth-order valence-corrected chi connectivity index (χ4v) is 2.62. The van der Waals surface area contributed by atoms with Crippen LogP contribution in [0.25, 0.3) is 10.9 Å². The smallest absolute Gasteiger partial charge is 0.137 e. The number of nitrogens with zero attached hydrogens (tertiary/aromatic N) is 2. The third kappa shape index (κ3) is 4.59. The van der Waals surface area contributed by atoms with Gasteiger partial charge in [-0.05, 0) is 63.1 Å². The molecule has 0 unspecified atom stereocenters. The molecule has 0 saturated heterocycles. The molecule has 0 aliphatic rings. The Morgan fingerprint density at radius 2 is 1.80 bits per heavy atom. The molecule has 130 valence electrons. The summed E-state index contributed by atoms with van der Waals surface area (Å²) < 4.78 is 5.85. The molecule has 1 aromatic heterocycles. The highest BCUT2D eigenvalue weighted by Crippen LogP contribution is 2.22. The lowest BCUT2D eigenvalue weighted by Gasteiger charge is -2.21. The van der Waals surface area contributed by atoms with Gasteiger partial charge in [0.05, 0.1) is 5.52 Å².